The van der Waals surface area contributed by atoms with Gasteiger partial charge in [-0.3, -0.25) is 9.20 Å². The van der Waals surface area contributed by atoms with Gasteiger partial charge >= 0.3 is 0 Å². The Bertz CT molecular complexity index is 1420. The van der Waals surface area contributed by atoms with E-state index in [1.54, 1.807) is 11.3 Å². The van der Waals surface area contributed by atoms with Crippen LogP contribution in [0, 0.1) is 0 Å². The zero-order chi connectivity index (χ0) is 15.8. The molecule has 0 unspecified atom stereocenters. The Labute approximate surface area is 140 Å². The number of carbonyl (C=O) groups excluding carboxylic acids is 1. The normalized spacial score (nSPS) is 12.3. The molecule has 0 aliphatic rings. The Morgan fingerprint density at radius 3 is 2.62 bits per heavy atom. The van der Waals surface area contributed by atoms with E-state index < -0.39 is 0 Å². The number of benzene rings is 3. The van der Waals surface area contributed by atoms with Crippen molar-refractivity contribution in [3.8, 4) is 0 Å². The van der Waals surface area contributed by atoms with Crippen LogP contribution in [0.25, 0.3) is 48.2 Å². The van der Waals surface area contributed by atoms with Crippen LogP contribution in [0.2, 0.25) is 0 Å². The minimum absolute atomic E-state index is 0.774. The van der Waals surface area contributed by atoms with Crippen LogP contribution in [0.3, 0.4) is 0 Å². The lowest BCUT2D eigenvalue weighted by atomic mass is 10.0. The number of hydrogen-bond donors (Lipinski definition) is 0. The second kappa shape index (κ2) is 4.13. The third kappa shape index (κ3) is 1.31. The predicted octanol–water partition coefficient (Wildman–Crippen LogP) is 5.86. The fourth-order valence-corrected chi connectivity index (χ4v) is 5.09. The van der Waals surface area contributed by atoms with Crippen molar-refractivity contribution in [3.63, 3.8) is 0 Å². The summed E-state index contributed by atoms with van der Waals surface area (Å²) in [4.78, 5) is 13.3. The topological polar surface area (TPSA) is 21.5 Å². The number of pyridine rings is 1. The Hall–Kier alpha value is -2.91. The zero-order valence-electron chi connectivity index (χ0n) is 12.6. The number of thiophene rings is 1. The number of nitrogens with zero attached hydrogens (tertiary/aromatic N) is 1. The largest absolute Gasteiger partial charge is 0.299 e. The van der Waals surface area contributed by atoms with Gasteiger partial charge in [0.2, 0.25) is 0 Å². The summed E-state index contributed by atoms with van der Waals surface area (Å²) in [6.07, 6.45) is 0.955. The van der Waals surface area contributed by atoms with Gasteiger partial charge in [-0.1, -0.05) is 48.5 Å². The molecule has 0 amide bonds. The third-order valence-corrected chi connectivity index (χ3v) is 6.06. The lowest BCUT2D eigenvalue weighted by Crippen LogP contribution is -1.88. The minimum Gasteiger partial charge on any atom is -0.299 e. The van der Waals surface area contributed by atoms with Gasteiger partial charge in [0.15, 0.2) is 6.29 Å². The molecule has 0 fully saturated rings. The molecule has 3 heterocycles. The maximum Gasteiger partial charge on any atom is 0.160 e. The van der Waals surface area contributed by atoms with E-state index in [-0.39, 0.29) is 0 Å². The number of para-hydroxylation sites is 1. The Morgan fingerprint density at radius 2 is 1.71 bits per heavy atom. The maximum atomic E-state index is 11.4. The molecular weight excluding hydrogens is 314 g/mol. The minimum atomic E-state index is 0.774. The highest BCUT2D eigenvalue weighted by atomic mass is 32.1. The smallest absolute Gasteiger partial charge is 0.160 e. The van der Waals surface area contributed by atoms with Crippen molar-refractivity contribution in [1.82, 2.24) is 4.40 Å². The molecule has 2 nitrogen and oxygen atoms in total. The SMILES string of the molecule is O=Cc1cc2c3cccc4ccc5c6ccccc6n(c2s1)c5c43. The third-order valence-electron chi connectivity index (χ3n) is 5.02. The van der Waals surface area contributed by atoms with E-state index in [2.05, 4.69) is 59.0 Å². The highest BCUT2D eigenvalue weighted by molar-refractivity contribution is 7.20. The van der Waals surface area contributed by atoms with E-state index in [0.29, 0.717) is 0 Å². The Balaban J connectivity index is 2.13. The first-order chi connectivity index (χ1) is 11.9. The first-order valence-electron chi connectivity index (χ1n) is 7.91. The highest BCUT2D eigenvalue weighted by Gasteiger charge is 2.19. The fraction of sp³-hybridized carbons (Fsp3) is 0. The first kappa shape index (κ1) is 12.5. The van der Waals surface area contributed by atoms with E-state index in [1.165, 1.54) is 38.0 Å². The number of aldehydes is 1. The molecule has 6 rings (SSSR count). The molecular formula is C21H11NOS. The average Bonchev–Trinajstić information content (AvgIpc) is 3.20. The monoisotopic (exact) mass is 325 g/mol. The van der Waals surface area contributed by atoms with Gasteiger partial charge in [-0.2, -0.15) is 0 Å². The van der Waals surface area contributed by atoms with Crippen molar-refractivity contribution in [2.24, 2.45) is 0 Å². The van der Waals surface area contributed by atoms with Crippen LogP contribution in [-0.4, -0.2) is 10.7 Å². The summed E-state index contributed by atoms with van der Waals surface area (Å²) in [6, 6.07) is 21.4. The summed E-state index contributed by atoms with van der Waals surface area (Å²) in [5, 5.41) is 7.46. The summed E-state index contributed by atoms with van der Waals surface area (Å²) in [6.45, 7) is 0. The molecule has 3 heteroatoms. The molecule has 3 aromatic heterocycles. The van der Waals surface area contributed by atoms with Crippen molar-refractivity contribution in [1.29, 1.82) is 0 Å². The number of aromatic nitrogens is 1. The first-order valence-corrected chi connectivity index (χ1v) is 8.73. The zero-order valence-corrected chi connectivity index (χ0v) is 13.4. The number of carbonyl (C=O) groups is 1. The average molecular weight is 325 g/mol. The van der Waals surface area contributed by atoms with E-state index in [4.69, 9.17) is 0 Å². The number of fused-ring (bicyclic) bond motifs is 6. The van der Waals surface area contributed by atoms with E-state index in [1.807, 2.05) is 6.07 Å². The van der Waals surface area contributed by atoms with Crippen LogP contribution in [-0.2, 0) is 0 Å². The van der Waals surface area contributed by atoms with Crippen molar-refractivity contribution >= 4 is 65.8 Å². The lowest BCUT2D eigenvalue weighted by molar-refractivity contribution is 0.112. The molecule has 112 valence electrons. The van der Waals surface area contributed by atoms with Crippen molar-refractivity contribution in [3.05, 3.63) is 65.5 Å². The molecule has 0 bridgehead atoms. The maximum absolute atomic E-state index is 11.4. The van der Waals surface area contributed by atoms with Gasteiger partial charge in [0.25, 0.3) is 0 Å². The summed E-state index contributed by atoms with van der Waals surface area (Å²) < 4.78 is 2.34. The molecule has 0 saturated carbocycles. The van der Waals surface area contributed by atoms with Gasteiger partial charge in [-0.05, 0) is 22.9 Å². The van der Waals surface area contributed by atoms with E-state index in [9.17, 15) is 4.79 Å². The second-order valence-corrected chi connectivity index (χ2v) is 7.27. The molecule has 24 heavy (non-hydrogen) atoms. The van der Waals surface area contributed by atoms with Gasteiger partial charge in [0, 0.05) is 21.5 Å². The van der Waals surface area contributed by atoms with E-state index in [0.717, 1.165) is 21.4 Å². The van der Waals surface area contributed by atoms with Gasteiger partial charge in [0.05, 0.1) is 15.9 Å². The van der Waals surface area contributed by atoms with Gasteiger partial charge < -0.3 is 0 Å². The molecule has 0 saturated heterocycles. The van der Waals surface area contributed by atoms with E-state index >= 15 is 0 Å². The molecule has 0 atom stereocenters. The van der Waals surface area contributed by atoms with Crippen molar-refractivity contribution in [2.45, 2.75) is 0 Å². The summed E-state index contributed by atoms with van der Waals surface area (Å²) >= 11 is 1.57. The van der Waals surface area contributed by atoms with Crippen LogP contribution < -0.4 is 0 Å². The second-order valence-electron chi connectivity index (χ2n) is 6.20. The lowest BCUT2D eigenvalue weighted by Gasteiger charge is -2.09. The van der Waals surface area contributed by atoms with Crippen LogP contribution in [0.15, 0.2) is 60.7 Å². The molecule has 0 radical (unpaired) electrons. The van der Waals surface area contributed by atoms with Gasteiger partial charge in [-0.25, -0.2) is 0 Å². The fourth-order valence-electron chi connectivity index (χ4n) is 4.08. The predicted molar refractivity (Wildman–Crippen MR) is 102 cm³/mol. The van der Waals surface area contributed by atoms with Crippen LogP contribution >= 0.6 is 11.3 Å². The molecule has 0 aliphatic carbocycles. The molecule has 3 aromatic carbocycles. The summed E-state index contributed by atoms with van der Waals surface area (Å²) in [7, 11) is 0. The quantitative estimate of drug-likeness (QED) is 0.347. The standard InChI is InChI=1S/C21H11NOS/c23-11-13-10-17-15-6-3-4-12-8-9-16-14-5-1-2-7-18(14)22(21(17)24-13)20(16)19(12)15/h1-11H. The summed E-state index contributed by atoms with van der Waals surface area (Å²) in [5.74, 6) is 0. The number of rotatable bonds is 1. The Morgan fingerprint density at radius 1 is 0.833 bits per heavy atom. The molecule has 0 spiro atoms. The summed E-state index contributed by atoms with van der Waals surface area (Å²) in [5.41, 5.74) is 2.46. The van der Waals surface area contributed by atoms with Crippen LogP contribution in [0.5, 0.6) is 0 Å². The molecule has 0 aliphatic heterocycles. The molecule has 0 N–H and O–H groups in total. The van der Waals surface area contributed by atoms with Crippen LogP contribution in [0.1, 0.15) is 9.67 Å². The van der Waals surface area contributed by atoms with Gasteiger partial charge in [-0.15, -0.1) is 11.3 Å². The van der Waals surface area contributed by atoms with Crippen molar-refractivity contribution in [2.75, 3.05) is 0 Å². The number of hydrogen-bond acceptors (Lipinski definition) is 2. The van der Waals surface area contributed by atoms with Crippen LogP contribution in [0.4, 0.5) is 0 Å². The Kier molecular flexibility index (Phi) is 2.15. The molecule has 6 aromatic rings. The van der Waals surface area contributed by atoms with Gasteiger partial charge in [0.1, 0.15) is 4.83 Å². The van der Waals surface area contributed by atoms with Crippen molar-refractivity contribution < 1.29 is 4.79 Å². The highest BCUT2D eigenvalue weighted by Crippen LogP contribution is 2.42.